The molecule has 41 heavy (non-hydrogen) atoms. The van der Waals surface area contributed by atoms with E-state index in [-0.39, 0.29) is 0 Å². The first kappa shape index (κ1) is 29.1. The predicted molar refractivity (Wildman–Crippen MR) is 163 cm³/mol. The summed E-state index contributed by atoms with van der Waals surface area (Å²) in [7, 11) is 5.33. The van der Waals surface area contributed by atoms with E-state index in [1.165, 1.54) is 0 Å². The summed E-state index contributed by atoms with van der Waals surface area (Å²) < 4.78 is 28.7. The van der Waals surface area contributed by atoms with Crippen LogP contribution in [0, 0.1) is 0 Å². The minimum atomic E-state index is -1.55. The molecule has 0 radical (unpaired) electrons. The Bertz CT molecular complexity index is 1640. The van der Waals surface area contributed by atoms with Gasteiger partial charge >= 0.3 is 0 Å². The topological polar surface area (TPSA) is 119 Å². The van der Waals surface area contributed by atoms with E-state index >= 15 is 0 Å². The molecule has 5 rings (SSSR count). The number of anilines is 3. The van der Waals surface area contributed by atoms with Crippen molar-refractivity contribution in [2.45, 2.75) is 11.3 Å². The van der Waals surface area contributed by atoms with Gasteiger partial charge in [-0.05, 0) is 54.6 Å². The zero-order chi connectivity index (χ0) is 29.2. The number of fused-ring (bicyclic) bond motifs is 1. The van der Waals surface area contributed by atoms with Gasteiger partial charge in [0.25, 0.3) is 0 Å². The number of hydrogen-bond acceptors (Lipinski definition) is 8. The second-order valence-electron chi connectivity index (χ2n) is 8.78. The fourth-order valence-corrected chi connectivity index (χ4v) is 4.72. The summed E-state index contributed by atoms with van der Waals surface area (Å²) in [6, 6.07) is 18.5. The van der Waals surface area contributed by atoms with Gasteiger partial charge in [0.15, 0.2) is 28.9 Å². The molecule has 2 heterocycles. The smallest absolute Gasteiger partial charge is 0.182 e. The number of nitrogens with one attached hydrogen (secondary N) is 3. The lowest BCUT2D eigenvalue weighted by Crippen LogP contribution is -2.12. The molecule has 0 bridgehead atoms. The minimum absolute atomic E-state index is 0.380. The molecule has 1 atom stereocenters. The average molecular weight is 573 g/mol. The molecule has 10 nitrogen and oxygen atoms in total. The molecule has 0 amide bonds. The van der Waals surface area contributed by atoms with E-state index < -0.39 is 11.0 Å². The lowest BCUT2D eigenvalue weighted by molar-refractivity contribution is 0.111. The van der Waals surface area contributed by atoms with Gasteiger partial charge in [0.05, 0.1) is 35.8 Å². The number of carbonyl (C=O) groups is 1. The van der Waals surface area contributed by atoms with Gasteiger partial charge in [-0.15, -0.1) is 0 Å². The molecule has 1 aliphatic rings. The van der Waals surface area contributed by atoms with Crippen molar-refractivity contribution in [1.82, 2.24) is 14.5 Å². The lowest BCUT2D eigenvalue weighted by Gasteiger charge is -2.15. The molecule has 1 aliphatic carbocycles. The fraction of sp³-hybridized carbons (Fsp3) is 0.167. The number of carbonyl (C=O) groups excluding carboxylic acids is 1. The third kappa shape index (κ3) is 7.61. The first-order chi connectivity index (χ1) is 19.9. The van der Waals surface area contributed by atoms with Crippen LogP contribution in [0.4, 0.5) is 17.3 Å². The van der Waals surface area contributed by atoms with Crippen molar-refractivity contribution < 1.29 is 18.5 Å². The van der Waals surface area contributed by atoms with E-state index in [2.05, 4.69) is 20.3 Å². The first-order valence-electron chi connectivity index (χ1n) is 12.7. The van der Waals surface area contributed by atoms with Crippen LogP contribution in [0.3, 0.4) is 0 Å². The summed E-state index contributed by atoms with van der Waals surface area (Å²) in [6.45, 7) is 0. The molecule has 0 aliphatic heterocycles. The number of aromatic nitrogens is 3. The minimum Gasteiger partial charge on any atom is -0.497 e. The molecule has 0 saturated carbocycles. The van der Waals surface area contributed by atoms with E-state index in [1.807, 2.05) is 87.1 Å². The molecule has 11 heteroatoms. The van der Waals surface area contributed by atoms with E-state index in [0.717, 1.165) is 23.2 Å². The Morgan fingerprint density at radius 3 is 2.27 bits per heavy atom. The zero-order valence-corrected chi connectivity index (χ0v) is 24.1. The number of allylic oxidation sites excluding steroid dienone is 3. The van der Waals surface area contributed by atoms with Gasteiger partial charge < -0.3 is 24.7 Å². The van der Waals surface area contributed by atoms with Gasteiger partial charge in [-0.1, -0.05) is 18.2 Å². The summed E-state index contributed by atoms with van der Waals surface area (Å²) in [4.78, 5) is 20.1. The molecule has 2 aromatic heterocycles. The normalized spacial score (nSPS) is 13.3. The second kappa shape index (κ2) is 13.9. The molecule has 212 valence electrons. The molecule has 3 N–H and O–H groups in total. The molecular formula is C30H32N6O4S. The number of nitrogens with zero attached hydrogens (tertiary/aromatic N) is 3. The lowest BCUT2D eigenvalue weighted by atomic mass is 10.2. The SMILES string of the molecule is CNc1cccc(S(=O)Nc2nc3ccccc3nc2NC2=CC(OC)=CC(OC)=CC2)c1.Cn1cccc1C=O. The van der Waals surface area contributed by atoms with Crippen LogP contribution >= 0.6 is 0 Å². The Kier molecular flexibility index (Phi) is 9.89. The first-order valence-corrected chi connectivity index (χ1v) is 13.9. The quantitative estimate of drug-likeness (QED) is 0.228. The maximum absolute atomic E-state index is 13.1. The molecule has 2 aromatic carbocycles. The third-order valence-electron chi connectivity index (χ3n) is 6.08. The standard InChI is InChI=1S/C24H25N5O3S.C6H7NO/c1-25-16-7-6-8-20(14-16)33(30)29-24-23(27-21-9-4-5-10-22(21)28-24)26-17-11-12-18(31-2)15-19(13-17)32-3;1-7-4-2-3-6(7)5-8/h4-10,12-15,25H,11H2,1-3H3,(H,26,27)(H,28,29);2-5H,1H3. The Labute approximate surface area is 241 Å². The summed E-state index contributed by atoms with van der Waals surface area (Å²) in [5, 5.41) is 6.38. The fourth-order valence-electron chi connectivity index (χ4n) is 3.85. The molecule has 1 unspecified atom stereocenters. The number of methoxy groups -OCH3 is 2. The van der Waals surface area contributed by atoms with Gasteiger partial charge in [0, 0.05) is 44.2 Å². The molecule has 0 fully saturated rings. The van der Waals surface area contributed by atoms with E-state index in [9.17, 15) is 9.00 Å². The van der Waals surface area contributed by atoms with Crippen molar-refractivity contribution in [2.24, 2.45) is 7.05 Å². The van der Waals surface area contributed by atoms with Crippen LogP contribution in [0.2, 0.25) is 0 Å². The molecule has 0 spiro atoms. The number of rotatable bonds is 9. The molecule has 0 saturated heterocycles. The van der Waals surface area contributed by atoms with Gasteiger partial charge in [0.2, 0.25) is 0 Å². The van der Waals surface area contributed by atoms with E-state index in [1.54, 1.807) is 30.9 Å². The van der Waals surface area contributed by atoms with Crippen molar-refractivity contribution in [3.05, 3.63) is 108 Å². The van der Waals surface area contributed by atoms with Crippen LogP contribution in [0.5, 0.6) is 0 Å². The van der Waals surface area contributed by atoms with Crippen molar-refractivity contribution in [3.8, 4) is 0 Å². The van der Waals surface area contributed by atoms with Gasteiger partial charge in [0.1, 0.15) is 11.5 Å². The van der Waals surface area contributed by atoms with Crippen molar-refractivity contribution in [2.75, 3.05) is 36.6 Å². The highest BCUT2D eigenvalue weighted by molar-refractivity contribution is 7.86. The van der Waals surface area contributed by atoms with E-state index in [4.69, 9.17) is 14.5 Å². The van der Waals surface area contributed by atoms with Crippen LogP contribution in [-0.2, 0) is 27.5 Å². The molecular weight excluding hydrogens is 540 g/mol. The summed E-state index contributed by atoms with van der Waals surface area (Å²) in [6.07, 6.45) is 8.85. The maximum Gasteiger partial charge on any atom is 0.182 e. The number of ether oxygens (including phenoxy) is 2. The number of hydrogen-bond donors (Lipinski definition) is 3. The highest BCUT2D eigenvalue weighted by Gasteiger charge is 2.15. The van der Waals surface area contributed by atoms with Crippen molar-refractivity contribution in [3.63, 3.8) is 0 Å². The average Bonchev–Trinajstić information content (AvgIpc) is 3.32. The van der Waals surface area contributed by atoms with Gasteiger partial charge in [-0.25, -0.2) is 14.2 Å². The van der Waals surface area contributed by atoms with Crippen LogP contribution < -0.4 is 15.4 Å². The highest BCUT2D eigenvalue weighted by atomic mass is 32.2. The number of aryl methyl sites for hydroxylation is 1. The zero-order valence-electron chi connectivity index (χ0n) is 23.3. The number of para-hydroxylation sites is 2. The molecule has 4 aromatic rings. The monoisotopic (exact) mass is 572 g/mol. The Morgan fingerprint density at radius 1 is 0.927 bits per heavy atom. The van der Waals surface area contributed by atoms with Crippen molar-refractivity contribution >= 4 is 45.6 Å². The Morgan fingerprint density at radius 2 is 1.66 bits per heavy atom. The van der Waals surface area contributed by atoms with Crippen LogP contribution in [0.25, 0.3) is 11.0 Å². The highest BCUT2D eigenvalue weighted by Crippen LogP contribution is 2.27. The second-order valence-corrected chi connectivity index (χ2v) is 9.99. The summed E-state index contributed by atoms with van der Waals surface area (Å²) >= 11 is 0. The third-order valence-corrected chi connectivity index (χ3v) is 7.14. The van der Waals surface area contributed by atoms with Crippen molar-refractivity contribution in [1.29, 1.82) is 0 Å². The van der Waals surface area contributed by atoms with E-state index in [0.29, 0.717) is 45.7 Å². The number of aldehydes is 1. The van der Waals surface area contributed by atoms with Gasteiger partial charge in [-0.3, -0.25) is 9.52 Å². The summed E-state index contributed by atoms with van der Waals surface area (Å²) in [5.74, 6) is 2.18. The summed E-state index contributed by atoms with van der Waals surface area (Å²) in [5.41, 5.74) is 3.82. The Hall–Kier alpha value is -4.90. The largest absolute Gasteiger partial charge is 0.497 e. The Balaban J connectivity index is 0.000000417. The predicted octanol–water partition coefficient (Wildman–Crippen LogP) is 5.40. The van der Waals surface area contributed by atoms with Crippen LogP contribution in [-0.4, -0.2) is 46.3 Å². The maximum atomic E-state index is 13.1. The van der Waals surface area contributed by atoms with Gasteiger partial charge in [-0.2, -0.15) is 0 Å². The number of benzene rings is 2. The van der Waals surface area contributed by atoms with Crippen LogP contribution in [0.1, 0.15) is 16.9 Å². The van der Waals surface area contributed by atoms with Crippen LogP contribution in [0.15, 0.2) is 107 Å².